The molecule has 2 N–H and O–H groups in total. The van der Waals surface area contributed by atoms with Crippen LogP contribution in [0, 0.1) is 12.7 Å². The molecule has 0 spiro atoms. The number of halogens is 5. The lowest BCUT2D eigenvalue weighted by Gasteiger charge is -2.40. The van der Waals surface area contributed by atoms with Gasteiger partial charge in [0.1, 0.15) is 22.9 Å². The summed E-state index contributed by atoms with van der Waals surface area (Å²) in [5.41, 5.74) is 8.60. The first-order valence-corrected chi connectivity index (χ1v) is 14.9. The number of imidazole rings is 1. The Kier molecular flexibility index (Phi) is 7.78. The standard InChI is InChI=1S/C28H25Cl2F3N6O3S/c1-14-36-39-25-22(35-27(39)43-14)6-7-38(24(25)18-5-3-16(29)9-20(18)31)23(40)11-42-26(41)21(34)8-15-2-4-17(10-19(15)30)37-12-28(32,33)13-37/h2-5,9-10,21,24H,6-8,11-13,34H2,1H3/t21-,24?/m0/s1. The second kappa shape index (κ2) is 11.3. The normalized spacial score (nSPS) is 18.3. The highest BCUT2D eigenvalue weighted by Gasteiger charge is 2.44. The van der Waals surface area contributed by atoms with E-state index in [1.807, 2.05) is 6.92 Å². The Hall–Kier alpha value is -3.39. The SMILES string of the molecule is Cc1nn2c3c(nc2s1)CCN(C(=O)COC(=O)[C@@H](N)Cc1ccc(N2CC(F)(F)C2)cc1Cl)C3c1ccc(Cl)cc1F. The number of hydrogen-bond donors (Lipinski definition) is 1. The zero-order valence-corrected chi connectivity index (χ0v) is 25.0. The largest absolute Gasteiger partial charge is 0.454 e. The van der Waals surface area contributed by atoms with Crippen LogP contribution in [-0.2, 0) is 27.2 Å². The van der Waals surface area contributed by atoms with Crippen molar-refractivity contribution in [1.29, 1.82) is 0 Å². The maximum atomic E-state index is 15.2. The number of aromatic nitrogens is 3. The lowest BCUT2D eigenvalue weighted by atomic mass is 9.95. The number of benzene rings is 2. The van der Waals surface area contributed by atoms with Gasteiger partial charge in [-0.15, -0.1) is 0 Å². The zero-order chi connectivity index (χ0) is 30.6. The number of hydrogen-bond acceptors (Lipinski definition) is 8. The van der Waals surface area contributed by atoms with Gasteiger partial charge in [-0.3, -0.25) is 9.59 Å². The highest BCUT2D eigenvalue weighted by atomic mass is 35.5. The molecule has 43 heavy (non-hydrogen) atoms. The topological polar surface area (TPSA) is 106 Å². The highest BCUT2D eigenvalue weighted by molar-refractivity contribution is 7.16. The van der Waals surface area contributed by atoms with E-state index in [-0.39, 0.29) is 41.7 Å². The van der Waals surface area contributed by atoms with Crippen molar-refractivity contribution in [2.45, 2.75) is 37.8 Å². The smallest absolute Gasteiger partial charge is 0.323 e. The van der Waals surface area contributed by atoms with Crippen molar-refractivity contribution in [3.8, 4) is 0 Å². The number of esters is 1. The van der Waals surface area contributed by atoms with E-state index in [0.29, 0.717) is 34.0 Å². The van der Waals surface area contributed by atoms with Crippen molar-refractivity contribution in [2.24, 2.45) is 5.73 Å². The average Bonchev–Trinajstić information content (AvgIpc) is 3.46. The Morgan fingerprint density at radius 1 is 1.21 bits per heavy atom. The first-order chi connectivity index (χ1) is 20.4. The molecular formula is C28H25Cl2F3N6O3S. The monoisotopic (exact) mass is 652 g/mol. The van der Waals surface area contributed by atoms with Crippen molar-refractivity contribution >= 4 is 57.1 Å². The van der Waals surface area contributed by atoms with Gasteiger partial charge in [0.25, 0.3) is 11.8 Å². The molecule has 9 nitrogen and oxygen atoms in total. The molecule has 1 unspecified atom stereocenters. The van der Waals surface area contributed by atoms with E-state index in [1.165, 1.54) is 39.3 Å². The van der Waals surface area contributed by atoms with Crippen LogP contribution in [0.5, 0.6) is 0 Å². The summed E-state index contributed by atoms with van der Waals surface area (Å²) in [7, 11) is 0. The lowest BCUT2D eigenvalue weighted by molar-refractivity contribution is -0.154. The van der Waals surface area contributed by atoms with Gasteiger partial charge in [0.15, 0.2) is 6.61 Å². The third-order valence-electron chi connectivity index (χ3n) is 7.48. The molecule has 1 fully saturated rings. The molecule has 4 aromatic rings. The van der Waals surface area contributed by atoms with Gasteiger partial charge < -0.3 is 20.3 Å². The molecule has 2 aliphatic rings. The first-order valence-electron chi connectivity index (χ1n) is 13.3. The number of anilines is 1. The van der Waals surface area contributed by atoms with Gasteiger partial charge in [-0.05, 0) is 43.2 Å². The summed E-state index contributed by atoms with van der Waals surface area (Å²) in [5, 5.41) is 5.75. The maximum Gasteiger partial charge on any atom is 0.323 e. The maximum absolute atomic E-state index is 15.2. The lowest BCUT2D eigenvalue weighted by Crippen LogP contribution is -2.56. The van der Waals surface area contributed by atoms with E-state index in [4.69, 9.17) is 33.7 Å². The van der Waals surface area contributed by atoms with Crippen LogP contribution in [0.3, 0.4) is 0 Å². The van der Waals surface area contributed by atoms with Crippen LogP contribution in [0.4, 0.5) is 18.9 Å². The second-order valence-corrected chi connectivity index (χ2v) is 12.6. The summed E-state index contributed by atoms with van der Waals surface area (Å²) in [5.74, 6) is -4.71. The number of nitrogens with zero attached hydrogens (tertiary/aromatic N) is 5. The summed E-state index contributed by atoms with van der Waals surface area (Å²) in [6.45, 7) is 0.634. The Labute approximate surface area is 257 Å². The number of nitrogens with two attached hydrogens (primary N) is 1. The zero-order valence-electron chi connectivity index (χ0n) is 22.7. The number of alkyl halides is 2. The quantitative estimate of drug-likeness (QED) is 0.291. The summed E-state index contributed by atoms with van der Waals surface area (Å²) in [4.78, 5) is 34.5. The van der Waals surface area contributed by atoms with E-state index in [9.17, 15) is 18.4 Å². The number of carbonyl (C=O) groups excluding carboxylic acids is 2. The number of amides is 1. The van der Waals surface area contributed by atoms with Gasteiger partial charge in [0, 0.05) is 34.3 Å². The van der Waals surface area contributed by atoms with Gasteiger partial charge in [-0.1, -0.05) is 46.7 Å². The molecule has 6 rings (SSSR count). The Morgan fingerprint density at radius 2 is 1.98 bits per heavy atom. The number of ether oxygens (including phenoxy) is 1. The molecule has 2 aromatic carbocycles. The third-order valence-corrected chi connectivity index (χ3v) is 8.89. The average molecular weight is 654 g/mol. The summed E-state index contributed by atoms with van der Waals surface area (Å²) < 4.78 is 48.6. The van der Waals surface area contributed by atoms with Crippen molar-refractivity contribution in [2.75, 3.05) is 31.1 Å². The minimum absolute atomic E-state index is 0.00493. The summed E-state index contributed by atoms with van der Waals surface area (Å²) >= 11 is 13.7. The number of rotatable bonds is 7. The molecule has 0 bridgehead atoms. The van der Waals surface area contributed by atoms with E-state index < -0.39 is 42.3 Å². The molecule has 0 saturated carbocycles. The summed E-state index contributed by atoms with van der Waals surface area (Å²) in [6.07, 6.45) is 0.407. The fourth-order valence-electron chi connectivity index (χ4n) is 5.41. The van der Waals surface area contributed by atoms with Crippen molar-refractivity contribution in [3.05, 3.63) is 79.8 Å². The fourth-order valence-corrected chi connectivity index (χ4v) is 6.58. The van der Waals surface area contributed by atoms with Gasteiger partial charge in [0.05, 0.1) is 24.5 Å². The van der Waals surface area contributed by atoms with Crippen LogP contribution in [0.1, 0.15) is 33.6 Å². The van der Waals surface area contributed by atoms with Crippen LogP contribution in [0.25, 0.3) is 4.96 Å². The highest BCUT2D eigenvalue weighted by Crippen LogP contribution is 2.38. The molecular weight excluding hydrogens is 628 g/mol. The molecule has 1 saturated heterocycles. The second-order valence-electron chi connectivity index (χ2n) is 10.6. The van der Waals surface area contributed by atoms with Crippen molar-refractivity contribution < 1.29 is 27.5 Å². The molecule has 2 atom stereocenters. The van der Waals surface area contributed by atoms with Crippen LogP contribution >= 0.6 is 34.5 Å². The van der Waals surface area contributed by atoms with E-state index in [0.717, 1.165) is 5.01 Å². The fraction of sp³-hybridized carbons (Fsp3) is 0.357. The Balaban J connectivity index is 1.16. The van der Waals surface area contributed by atoms with E-state index in [1.54, 1.807) is 22.7 Å². The molecule has 2 aromatic heterocycles. The van der Waals surface area contributed by atoms with Crippen molar-refractivity contribution in [3.63, 3.8) is 0 Å². The number of fused-ring (bicyclic) bond motifs is 3. The van der Waals surface area contributed by atoms with Crippen molar-refractivity contribution in [1.82, 2.24) is 19.5 Å². The van der Waals surface area contributed by atoms with Crippen LogP contribution in [0.15, 0.2) is 36.4 Å². The number of aryl methyl sites for hydroxylation is 1. The van der Waals surface area contributed by atoms with E-state index in [2.05, 4.69) is 10.1 Å². The van der Waals surface area contributed by atoms with Gasteiger partial charge in [-0.25, -0.2) is 22.7 Å². The van der Waals surface area contributed by atoms with Crippen LogP contribution < -0.4 is 10.6 Å². The Bertz CT molecular complexity index is 1740. The van der Waals surface area contributed by atoms with E-state index >= 15 is 4.39 Å². The predicted molar refractivity (Wildman–Crippen MR) is 156 cm³/mol. The van der Waals surface area contributed by atoms with Crippen LogP contribution in [0.2, 0.25) is 10.0 Å². The minimum atomic E-state index is -2.72. The third kappa shape index (κ3) is 5.78. The van der Waals surface area contributed by atoms with Crippen LogP contribution in [-0.4, -0.2) is 69.6 Å². The molecule has 1 amide bonds. The molecule has 226 valence electrons. The molecule has 0 radical (unpaired) electrons. The van der Waals surface area contributed by atoms with Gasteiger partial charge in [-0.2, -0.15) is 5.10 Å². The molecule has 0 aliphatic carbocycles. The minimum Gasteiger partial charge on any atom is -0.454 e. The number of carbonyl (C=O) groups is 2. The molecule has 2 aliphatic heterocycles. The predicted octanol–water partition coefficient (Wildman–Crippen LogP) is 4.59. The Morgan fingerprint density at radius 3 is 2.67 bits per heavy atom. The van der Waals surface area contributed by atoms with Gasteiger partial charge >= 0.3 is 5.97 Å². The molecule has 15 heteroatoms. The summed E-state index contributed by atoms with van der Waals surface area (Å²) in [6, 6.07) is 7.00. The van der Waals surface area contributed by atoms with Gasteiger partial charge in [0.2, 0.25) is 4.96 Å². The first kappa shape index (κ1) is 29.7. The molecule has 4 heterocycles.